The van der Waals surface area contributed by atoms with Gasteiger partial charge in [-0.3, -0.25) is 14.6 Å². The number of nitrogens with one attached hydrogen (secondary N) is 1. The van der Waals surface area contributed by atoms with Crippen LogP contribution in [-0.2, 0) is 17.9 Å². The number of amides is 2. The van der Waals surface area contributed by atoms with E-state index in [1.54, 1.807) is 17.3 Å². The van der Waals surface area contributed by atoms with Crippen LogP contribution >= 0.6 is 0 Å². The minimum Gasteiger partial charge on any atom is -0.351 e. The number of benzene rings is 1. The predicted molar refractivity (Wildman–Crippen MR) is 117 cm³/mol. The molecule has 1 aromatic carbocycles. The summed E-state index contributed by atoms with van der Waals surface area (Å²) in [5, 5.41) is 3.25. The molecular formula is C24H27N5O2. The summed E-state index contributed by atoms with van der Waals surface area (Å²) in [5.74, 6) is 0.0562. The molecule has 7 nitrogen and oxygen atoms in total. The van der Waals surface area contributed by atoms with Crippen molar-refractivity contribution in [1.29, 1.82) is 0 Å². The van der Waals surface area contributed by atoms with Crippen molar-refractivity contribution in [3.8, 4) is 0 Å². The first-order chi connectivity index (χ1) is 15.1. The molecule has 1 aliphatic heterocycles. The first-order valence-electron chi connectivity index (χ1n) is 11.0. The number of fused-ring (bicyclic) bond motifs is 3. The molecule has 7 heteroatoms. The lowest BCUT2D eigenvalue weighted by molar-refractivity contribution is -0.134. The molecule has 31 heavy (non-hydrogen) atoms. The van der Waals surface area contributed by atoms with E-state index in [0.717, 1.165) is 42.3 Å². The highest BCUT2D eigenvalue weighted by Crippen LogP contribution is 2.32. The highest BCUT2D eigenvalue weighted by Gasteiger charge is 2.48. The smallest absolute Gasteiger partial charge is 0.291 e. The van der Waals surface area contributed by atoms with Gasteiger partial charge in [-0.05, 0) is 43.5 Å². The van der Waals surface area contributed by atoms with Gasteiger partial charge < -0.3 is 14.8 Å². The Morgan fingerprint density at radius 2 is 1.97 bits per heavy atom. The van der Waals surface area contributed by atoms with Crippen LogP contribution in [0.1, 0.15) is 55.2 Å². The van der Waals surface area contributed by atoms with Crippen LogP contribution in [0.5, 0.6) is 0 Å². The molecule has 0 saturated heterocycles. The third kappa shape index (κ3) is 3.48. The Morgan fingerprint density at radius 3 is 2.74 bits per heavy atom. The molecule has 3 aromatic rings. The van der Waals surface area contributed by atoms with E-state index in [4.69, 9.17) is 0 Å². The molecule has 0 spiro atoms. The zero-order valence-corrected chi connectivity index (χ0v) is 17.8. The van der Waals surface area contributed by atoms with Crippen LogP contribution in [0.3, 0.4) is 0 Å². The van der Waals surface area contributed by atoms with Crippen LogP contribution in [0.2, 0.25) is 0 Å². The van der Waals surface area contributed by atoms with Gasteiger partial charge in [-0.15, -0.1) is 0 Å². The second-order valence-corrected chi connectivity index (χ2v) is 8.85. The summed E-state index contributed by atoms with van der Waals surface area (Å²) in [5.41, 5.74) is 1.51. The minimum absolute atomic E-state index is 0.0972. The molecule has 0 radical (unpaired) electrons. The SMILES string of the molecule is C[C@@]1(C(=O)NC2CCCCC2)Cn2c(nc3ccccc32)C(=O)N1Cc1cccnc1. The molecule has 1 fully saturated rings. The van der Waals surface area contributed by atoms with Gasteiger partial charge in [0.25, 0.3) is 5.91 Å². The Labute approximate surface area is 181 Å². The van der Waals surface area contributed by atoms with Crippen molar-refractivity contribution in [1.82, 2.24) is 24.8 Å². The van der Waals surface area contributed by atoms with Crippen molar-refractivity contribution in [2.45, 2.75) is 63.7 Å². The number of carbonyl (C=O) groups excluding carboxylic acids is 2. The van der Waals surface area contributed by atoms with E-state index in [0.29, 0.717) is 18.9 Å². The Balaban J connectivity index is 1.55. The van der Waals surface area contributed by atoms with Gasteiger partial charge in [0, 0.05) is 25.0 Å². The maximum Gasteiger partial charge on any atom is 0.291 e. The molecular weight excluding hydrogens is 390 g/mol. The average molecular weight is 418 g/mol. The fraction of sp³-hybridized carbons (Fsp3) is 0.417. The van der Waals surface area contributed by atoms with E-state index in [9.17, 15) is 9.59 Å². The van der Waals surface area contributed by atoms with Gasteiger partial charge in [-0.25, -0.2) is 4.98 Å². The minimum atomic E-state index is -1.03. The molecule has 1 saturated carbocycles. The fourth-order valence-corrected chi connectivity index (χ4v) is 4.84. The van der Waals surface area contributed by atoms with Crippen LogP contribution in [0, 0.1) is 0 Å². The molecule has 5 rings (SSSR count). The maximum atomic E-state index is 13.6. The predicted octanol–water partition coefficient (Wildman–Crippen LogP) is 3.29. The summed E-state index contributed by atoms with van der Waals surface area (Å²) in [4.78, 5) is 37.7. The van der Waals surface area contributed by atoms with E-state index in [1.165, 1.54) is 6.42 Å². The number of nitrogens with zero attached hydrogens (tertiary/aromatic N) is 4. The molecule has 2 amide bonds. The van der Waals surface area contributed by atoms with Crippen LogP contribution in [0.15, 0.2) is 48.8 Å². The molecule has 2 aromatic heterocycles. The summed E-state index contributed by atoms with van der Waals surface area (Å²) < 4.78 is 1.90. The highest BCUT2D eigenvalue weighted by molar-refractivity contribution is 6.01. The molecule has 160 valence electrons. The van der Waals surface area contributed by atoms with E-state index in [2.05, 4.69) is 15.3 Å². The Kier molecular flexibility index (Phi) is 4.96. The number of hydrogen-bond acceptors (Lipinski definition) is 4. The number of aromatic nitrogens is 3. The summed E-state index contributed by atoms with van der Waals surface area (Å²) >= 11 is 0. The lowest BCUT2D eigenvalue weighted by Gasteiger charge is -2.44. The molecule has 3 heterocycles. The topological polar surface area (TPSA) is 80.1 Å². The Morgan fingerprint density at radius 1 is 1.16 bits per heavy atom. The number of pyridine rings is 1. The van der Waals surface area contributed by atoms with Gasteiger partial charge in [0.15, 0.2) is 5.82 Å². The van der Waals surface area contributed by atoms with Crippen molar-refractivity contribution in [3.63, 3.8) is 0 Å². The molecule has 1 aliphatic carbocycles. The average Bonchev–Trinajstić information content (AvgIpc) is 3.16. The first kappa shape index (κ1) is 19.7. The standard InChI is InChI=1S/C24H27N5O2/c1-24(23(31)26-18-9-3-2-4-10-18)16-28-20-12-6-5-11-19(20)27-21(28)22(30)29(24)15-17-8-7-13-25-14-17/h5-8,11-14,18H,2-4,9-10,15-16H2,1H3,(H,26,31)/t24-/m0/s1. The van der Waals surface area contributed by atoms with Crippen LogP contribution in [0.25, 0.3) is 11.0 Å². The fourth-order valence-electron chi connectivity index (χ4n) is 4.84. The molecule has 1 atom stereocenters. The van der Waals surface area contributed by atoms with Gasteiger partial charge in [-0.1, -0.05) is 37.5 Å². The second-order valence-electron chi connectivity index (χ2n) is 8.85. The quantitative estimate of drug-likeness (QED) is 0.706. The van der Waals surface area contributed by atoms with Crippen molar-refractivity contribution >= 4 is 22.8 Å². The van der Waals surface area contributed by atoms with Crippen molar-refractivity contribution in [2.24, 2.45) is 0 Å². The summed E-state index contributed by atoms with van der Waals surface area (Å²) in [6.07, 6.45) is 8.93. The largest absolute Gasteiger partial charge is 0.351 e. The van der Waals surface area contributed by atoms with Gasteiger partial charge in [0.1, 0.15) is 5.54 Å². The monoisotopic (exact) mass is 417 g/mol. The molecule has 0 unspecified atom stereocenters. The maximum absolute atomic E-state index is 13.6. The van der Waals surface area contributed by atoms with E-state index >= 15 is 0 Å². The lowest BCUT2D eigenvalue weighted by atomic mass is 9.91. The van der Waals surface area contributed by atoms with Crippen molar-refractivity contribution in [2.75, 3.05) is 0 Å². The number of carbonyl (C=O) groups is 2. The van der Waals surface area contributed by atoms with E-state index in [-0.39, 0.29) is 17.9 Å². The van der Waals surface area contributed by atoms with Gasteiger partial charge >= 0.3 is 0 Å². The van der Waals surface area contributed by atoms with Crippen molar-refractivity contribution in [3.05, 3.63) is 60.2 Å². The van der Waals surface area contributed by atoms with E-state index in [1.807, 2.05) is 47.9 Å². The van der Waals surface area contributed by atoms with Crippen LogP contribution < -0.4 is 5.32 Å². The summed E-state index contributed by atoms with van der Waals surface area (Å²) in [6.45, 7) is 2.55. The van der Waals surface area contributed by atoms with Crippen LogP contribution in [0.4, 0.5) is 0 Å². The lowest BCUT2D eigenvalue weighted by Crippen LogP contribution is -2.64. The Hall–Kier alpha value is -3.22. The molecule has 0 bridgehead atoms. The number of hydrogen-bond donors (Lipinski definition) is 1. The first-order valence-corrected chi connectivity index (χ1v) is 11.0. The molecule has 2 aliphatic rings. The third-order valence-electron chi connectivity index (χ3n) is 6.65. The van der Waals surface area contributed by atoms with E-state index < -0.39 is 5.54 Å². The van der Waals surface area contributed by atoms with Gasteiger partial charge in [0.05, 0.1) is 17.6 Å². The third-order valence-corrected chi connectivity index (χ3v) is 6.65. The normalized spacial score (nSPS) is 21.8. The summed E-state index contributed by atoms with van der Waals surface area (Å²) in [6, 6.07) is 11.6. The summed E-state index contributed by atoms with van der Waals surface area (Å²) in [7, 11) is 0. The Bertz CT molecular complexity index is 1120. The van der Waals surface area contributed by atoms with Gasteiger partial charge in [-0.2, -0.15) is 0 Å². The number of para-hydroxylation sites is 2. The van der Waals surface area contributed by atoms with Gasteiger partial charge in [0.2, 0.25) is 5.91 Å². The zero-order chi connectivity index (χ0) is 21.4. The van der Waals surface area contributed by atoms with Crippen molar-refractivity contribution < 1.29 is 9.59 Å². The number of imidazole rings is 1. The number of rotatable bonds is 4. The highest BCUT2D eigenvalue weighted by atomic mass is 16.2. The van der Waals surface area contributed by atoms with Crippen LogP contribution in [-0.4, -0.2) is 42.8 Å². The second kappa shape index (κ2) is 7.80. The zero-order valence-electron chi connectivity index (χ0n) is 17.8. The molecule has 1 N–H and O–H groups in total.